The number of carbonyl (C=O) groups is 1. The number of para-hydroxylation sites is 1. The monoisotopic (exact) mass is 330 g/mol. The second kappa shape index (κ2) is 8.96. The van der Waals surface area contributed by atoms with E-state index in [-0.39, 0.29) is 12.1 Å². The van der Waals surface area contributed by atoms with Gasteiger partial charge in [-0.05, 0) is 31.9 Å². The average Bonchev–Trinajstić information content (AvgIpc) is 2.96. The van der Waals surface area contributed by atoms with Crippen LogP contribution in [-0.2, 0) is 16.0 Å². The minimum absolute atomic E-state index is 0.0777. The van der Waals surface area contributed by atoms with Crippen LogP contribution in [0, 0.1) is 0 Å². The molecule has 0 spiro atoms. The van der Waals surface area contributed by atoms with E-state index in [0.717, 1.165) is 18.5 Å². The van der Waals surface area contributed by atoms with Crippen molar-refractivity contribution in [3.63, 3.8) is 0 Å². The molecule has 0 aliphatic rings. The number of nitrogens with zero attached hydrogens (tertiary/aromatic N) is 1. The fourth-order valence-electron chi connectivity index (χ4n) is 2.48. The fraction of sp³-hybridized carbons (Fsp3) is 0.444. The summed E-state index contributed by atoms with van der Waals surface area (Å²) in [5, 5.41) is 7.63. The number of aromatic amines is 1. The first-order valence-corrected chi connectivity index (χ1v) is 8.29. The zero-order chi connectivity index (χ0) is 17.4. The summed E-state index contributed by atoms with van der Waals surface area (Å²) >= 11 is 0. The molecule has 0 bridgehead atoms. The summed E-state index contributed by atoms with van der Waals surface area (Å²) in [5.41, 5.74) is 2.42. The van der Waals surface area contributed by atoms with Crippen LogP contribution >= 0.6 is 0 Å². The third-order valence-electron chi connectivity index (χ3n) is 3.57. The molecule has 0 saturated heterocycles. The third-order valence-corrected chi connectivity index (χ3v) is 3.57. The van der Waals surface area contributed by atoms with Crippen molar-refractivity contribution in [1.29, 1.82) is 0 Å². The summed E-state index contributed by atoms with van der Waals surface area (Å²) in [7, 11) is 1.72. The van der Waals surface area contributed by atoms with Gasteiger partial charge in [-0.2, -0.15) is 0 Å². The lowest BCUT2D eigenvalue weighted by molar-refractivity contribution is -0.147. The molecule has 0 fully saturated rings. The number of benzene rings is 1. The van der Waals surface area contributed by atoms with Crippen molar-refractivity contribution < 1.29 is 9.53 Å². The fourth-order valence-corrected chi connectivity index (χ4v) is 2.48. The predicted molar refractivity (Wildman–Crippen MR) is 97.2 cm³/mol. The van der Waals surface area contributed by atoms with Crippen LogP contribution in [0.25, 0.3) is 10.9 Å². The quantitative estimate of drug-likeness (QED) is 0.413. The highest BCUT2D eigenvalue weighted by Crippen LogP contribution is 2.17. The van der Waals surface area contributed by atoms with Gasteiger partial charge in [-0.1, -0.05) is 18.2 Å². The lowest BCUT2D eigenvalue weighted by atomic mass is 10.1. The third kappa shape index (κ3) is 5.30. The summed E-state index contributed by atoms with van der Waals surface area (Å²) in [6.45, 7) is 4.95. The van der Waals surface area contributed by atoms with E-state index in [2.05, 4.69) is 32.7 Å². The first-order valence-electron chi connectivity index (χ1n) is 8.29. The molecule has 0 aliphatic carbocycles. The minimum Gasteiger partial charge on any atom is -0.463 e. The number of nitrogens with one attached hydrogen (secondary N) is 3. The number of aromatic nitrogens is 1. The van der Waals surface area contributed by atoms with Gasteiger partial charge in [0.2, 0.25) is 0 Å². The Morgan fingerprint density at radius 2 is 2.00 bits per heavy atom. The number of aliphatic imine (C=N–C) groups is 1. The van der Waals surface area contributed by atoms with E-state index in [1.165, 1.54) is 10.9 Å². The Bertz CT molecular complexity index is 691. The number of hydrogen-bond acceptors (Lipinski definition) is 3. The van der Waals surface area contributed by atoms with Crippen molar-refractivity contribution in [2.75, 3.05) is 20.1 Å². The summed E-state index contributed by atoms with van der Waals surface area (Å²) in [5.74, 6) is 0.485. The first kappa shape index (κ1) is 17.8. The zero-order valence-corrected chi connectivity index (χ0v) is 14.6. The lowest BCUT2D eigenvalue weighted by Gasteiger charge is -2.12. The number of guanidine groups is 1. The van der Waals surface area contributed by atoms with E-state index in [4.69, 9.17) is 4.74 Å². The van der Waals surface area contributed by atoms with E-state index in [1.54, 1.807) is 7.05 Å². The summed E-state index contributed by atoms with van der Waals surface area (Å²) < 4.78 is 5.09. The van der Waals surface area contributed by atoms with Gasteiger partial charge in [0.05, 0.1) is 12.5 Å². The molecule has 1 aromatic heterocycles. The minimum atomic E-state index is -0.202. The molecule has 1 heterocycles. The van der Waals surface area contributed by atoms with Crippen molar-refractivity contribution in [1.82, 2.24) is 15.6 Å². The Morgan fingerprint density at radius 1 is 1.25 bits per heavy atom. The molecule has 2 rings (SSSR count). The molecule has 0 saturated carbocycles. The van der Waals surface area contributed by atoms with Gasteiger partial charge in [-0.3, -0.25) is 9.79 Å². The molecule has 0 amide bonds. The Hall–Kier alpha value is -2.50. The van der Waals surface area contributed by atoms with Crippen molar-refractivity contribution >= 4 is 22.8 Å². The molecule has 0 atom stereocenters. The number of rotatable bonds is 7. The van der Waals surface area contributed by atoms with Crippen LogP contribution < -0.4 is 10.6 Å². The van der Waals surface area contributed by atoms with Crippen molar-refractivity contribution in [2.45, 2.75) is 32.8 Å². The lowest BCUT2D eigenvalue weighted by Crippen LogP contribution is -2.39. The zero-order valence-electron chi connectivity index (χ0n) is 14.6. The molecule has 0 aliphatic heterocycles. The first-order chi connectivity index (χ1) is 11.6. The van der Waals surface area contributed by atoms with Crippen LogP contribution in [-0.4, -0.2) is 43.2 Å². The molecular formula is C18H26N4O2. The van der Waals surface area contributed by atoms with Crippen LogP contribution in [0.5, 0.6) is 0 Å². The van der Waals surface area contributed by atoms with Crippen LogP contribution in [0.1, 0.15) is 25.8 Å². The average molecular weight is 330 g/mol. The van der Waals surface area contributed by atoms with E-state index in [0.29, 0.717) is 18.9 Å². The maximum absolute atomic E-state index is 11.5. The van der Waals surface area contributed by atoms with Crippen molar-refractivity contribution in [2.24, 2.45) is 4.99 Å². The molecule has 6 nitrogen and oxygen atoms in total. The summed E-state index contributed by atoms with van der Waals surface area (Å²) in [6, 6.07) is 8.26. The molecule has 3 N–H and O–H groups in total. The largest absolute Gasteiger partial charge is 0.463 e. The van der Waals surface area contributed by atoms with Gasteiger partial charge in [-0.25, -0.2) is 0 Å². The summed E-state index contributed by atoms with van der Waals surface area (Å²) in [6.07, 6.45) is 3.18. The topological polar surface area (TPSA) is 78.5 Å². The Kier molecular flexibility index (Phi) is 6.66. The van der Waals surface area contributed by atoms with Gasteiger partial charge in [-0.15, -0.1) is 0 Å². The van der Waals surface area contributed by atoms with E-state index in [9.17, 15) is 4.79 Å². The van der Waals surface area contributed by atoms with Gasteiger partial charge in [0.15, 0.2) is 5.96 Å². The van der Waals surface area contributed by atoms with E-state index < -0.39 is 0 Å². The highest BCUT2D eigenvalue weighted by molar-refractivity contribution is 5.83. The molecule has 130 valence electrons. The van der Waals surface area contributed by atoms with Gasteiger partial charge in [0, 0.05) is 37.2 Å². The highest BCUT2D eigenvalue weighted by Gasteiger charge is 2.06. The molecular weight excluding hydrogens is 304 g/mol. The SMILES string of the molecule is CN=C(NCCC(=O)OC(C)C)NCCc1c[nH]c2ccccc12. The van der Waals surface area contributed by atoms with Gasteiger partial charge >= 0.3 is 5.97 Å². The summed E-state index contributed by atoms with van der Waals surface area (Å²) in [4.78, 5) is 18.9. The van der Waals surface area contributed by atoms with Crippen LogP contribution in [0.3, 0.4) is 0 Å². The van der Waals surface area contributed by atoms with Crippen molar-refractivity contribution in [3.05, 3.63) is 36.0 Å². The number of ether oxygens (including phenoxy) is 1. The van der Waals surface area contributed by atoms with Gasteiger partial charge in [0.1, 0.15) is 0 Å². The molecule has 2 aromatic rings. The molecule has 0 radical (unpaired) electrons. The standard InChI is InChI=1S/C18H26N4O2/c1-13(2)24-17(23)9-11-21-18(19-3)20-10-8-14-12-22-16-7-5-4-6-15(14)16/h4-7,12-13,22H,8-11H2,1-3H3,(H2,19,20,21). The van der Waals surface area contributed by atoms with Crippen LogP contribution in [0.4, 0.5) is 0 Å². The van der Waals surface area contributed by atoms with Crippen molar-refractivity contribution in [3.8, 4) is 0 Å². The van der Waals surface area contributed by atoms with Crippen LogP contribution in [0.15, 0.2) is 35.5 Å². The number of fused-ring (bicyclic) bond motifs is 1. The number of carbonyl (C=O) groups excluding carboxylic acids is 1. The Morgan fingerprint density at radius 3 is 2.75 bits per heavy atom. The van der Waals surface area contributed by atoms with Gasteiger partial charge in [0.25, 0.3) is 0 Å². The van der Waals surface area contributed by atoms with E-state index >= 15 is 0 Å². The number of H-pyrrole nitrogens is 1. The van der Waals surface area contributed by atoms with Gasteiger partial charge < -0.3 is 20.4 Å². The molecule has 0 unspecified atom stereocenters. The normalized spacial score (nSPS) is 11.8. The second-order valence-corrected chi connectivity index (χ2v) is 5.82. The van der Waals surface area contributed by atoms with Crippen LogP contribution in [0.2, 0.25) is 0 Å². The predicted octanol–water partition coefficient (Wildman–Crippen LogP) is 2.22. The Labute approximate surface area is 142 Å². The number of hydrogen-bond donors (Lipinski definition) is 3. The Balaban J connectivity index is 1.73. The highest BCUT2D eigenvalue weighted by atomic mass is 16.5. The number of esters is 1. The maximum atomic E-state index is 11.5. The molecule has 6 heteroatoms. The maximum Gasteiger partial charge on any atom is 0.307 e. The van der Waals surface area contributed by atoms with E-state index in [1.807, 2.05) is 32.2 Å². The molecule has 1 aromatic carbocycles. The molecule has 24 heavy (non-hydrogen) atoms. The second-order valence-electron chi connectivity index (χ2n) is 5.82. The smallest absolute Gasteiger partial charge is 0.307 e.